The Morgan fingerprint density at radius 3 is 0.889 bits per heavy atom. The van der Waals surface area contributed by atoms with E-state index in [-0.39, 0.29) is 0 Å². The van der Waals surface area contributed by atoms with Crippen LogP contribution in [0.3, 0.4) is 0 Å². The zero-order valence-corrected chi connectivity index (χ0v) is 18.2. The molecular formula is C27H36. The van der Waals surface area contributed by atoms with Gasteiger partial charge in [0.2, 0.25) is 0 Å². The molecule has 0 saturated carbocycles. The van der Waals surface area contributed by atoms with E-state index in [1.165, 1.54) is 16.7 Å². The molecule has 0 unspecified atom stereocenters. The van der Waals surface area contributed by atoms with E-state index >= 15 is 0 Å². The van der Waals surface area contributed by atoms with Crippen LogP contribution in [0.1, 0.15) is 47.1 Å². The van der Waals surface area contributed by atoms with E-state index in [1.807, 2.05) is 71.9 Å². The maximum Gasteiger partial charge on any atom is -0.00271 e. The largest absolute Gasteiger partial charge is 0.107 e. The average molecular weight is 361 g/mol. The normalized spacial score (nSPS) is 7.52. The van der Waals surface area contributed by atoms with Crippen molar-refractivity contribution < 1.29 is 0 Å². The third-order valence-electron chi connectivity index (χ3n) is 3.07. The smallest absolute Gasteiger partial charge is 0.00271 e. The highest BCUT2D eigenvalue weighted by molar-refractivity contribution is 5.62. The van der Waals surface area contributed by atoms with Crippen LogP contribution >= 0.6 is 0 Å². The predicted octanol–water partition coefficient (Wildman–Crippen LogP) is 8.43. The second-order valence-electron chi connectivity index (χ2n) is 4.89. The van der Waals surface area contributed by atoms with Crippen molar-refractivity contribution in [2.45, 2.75) is 48.5 Å². The van der Waals surface area contributed by atoms with E-state index in [4.69, 9.17) is 0 Å². The lowest BCUT2D eigenvalue weighted by Gasteiger charge is -1.98. The first-order valence-corrected chi connectivity index (χ1v) is 9.73. The minimum absolute atomic E-state index is 1.28. The summed E-state index contributed by atoms with van der Waals surface area (Å²) in [7, 11) is 0. The van der Waals surface area contributed by atoms with Crippen LogP contribution in [0.25, 0.3) is 11.1 Å². The SMILES string of the molecule is CC.CC.CC#CC.Cc1ccccc1.c1ccc(-c2ccccc2)cc1. The molecule has 0 aromatic heterocycles. The van der Waals surface area contributed by atoms with Crippen LogP contribution in [0.15, 0.2) is 91.0 Å². The molecule has 0 radical (unpaired) electrons. The summed E-state index contributed by atoms with van der Waals surface area (Å²) < 4.78 is 0. The molecule has 0 spiro atoms. The van der Waals surface area contributed by atoms with Crippen LogP contribution in [0, 0.1) is 18.8 Å². The molecule has 0 amide bonds. The van der Waals surface area contributed by atoms with Gasteiger partial charge in [-0.1, -0.05) is 124 Å². The fourth-order valence-corrected chi connectivity index (χ4v) is 1.80. The lowest BCUT2D eigenvalue weighted by Crippen LogP contribution is -1.73. The van der Waals surface area contributed by atoms with Gasteiger partial charge in [0.15, 0.2) is 0 Å². The Morgan fingerprint density at radius 2 is 0.704 bits per heavy atom. The molecule has 0 saturated heterocycles. The number of aryl methyl sites for hydroxylation is 1. The van der Waals surface area contributed by atoms with Crippen molar-refractivity contribution in [3.05, 3.63) is 96.6 Å². The van der Waals surface area contributed by atoms with Gasteiger partial charge in [0, 0.05) is 0 Å². The summed E-state index contributed by atoms with van der Waals surface area (Å²) in [6.07, 6.45) is 0. The molecule has 0 heteroatoms. The summed E-state index contributed by atoms with van der Waals surface area (Å²) in [5.74, 6) is 5.36. The summed E-state index contributed by atoms with van der Waals surface area (Å²) in [4.78, 5) is 0. The zero-order valence-electron chi connectivity index (χ0n) is 18.2. The van der Waals surface area contributed by atoms with Gasteiger partial charge < -0.3 is 0 Å². The number of rotatable bonds is 1. The zero-order chi connectivity index (χ0) is 20.8. The van der Waals surface area contributed by atoms with Crippen molar-refractivity contribution in [1.29, 1.82) is 0 Å². The van der Waals surface area contributed by atoms with Crippen LogP contribution in [-0.4, -0.2) is 0 Å². The Kier molecular flexibility index (Phi) is 20.8. The maximum atomic E-state index is 2.68. The topological polar surface area (TPSA) is 0 Å². The minimum atomic E-state index is 1.28. The van der Waals surface area contributed by atoms with Gasteiger partial charge in [-0.15, -0.1) is 11.8 Å². The van der Waals surface area contributed by atoms with Crippen molar-refractivity contribution >= 4 is 0 Å². The monoisotopic (exact) mass is 360 g/mol. The molecule has 0 aliphatic rings. The lowest BCUT2D eigenvalue weighted by molar-refractivity contribution is 1.48. The molecule has 3 rings (SSSR count). The summed E-state index contributed by atoms with van der Waals surface area (Å²) >= 11 is 0. The van der Waals surface area contributed by atoms with Crippen molar-refractivity contribution in [2.24, 2.45) is 0 Å². The lowest BCUT2D eigenvalue weighted by atomic mass is 10.1. The molecule has 0 bridgehead atoms. The Labute approximate surface area is 168 Å². The molecule has 0 atom stereocenters. The number of hydrogen-bond acceptors (Lipinski definition) is 0. The van der Waals surface area contributed by atoms with Gasteiger partial charge in [0.05, 0.1) is 0 Å². The Morgan fingerprint density at radius 1 is 0.444 bits per heavy atom. The highest BCUT2D eigenvalue weighted by Gasteiger charge is 1.91. The van der Waals surface area contributed by atoms with Gasteiger partial charge in [0.25, 0.3) is 0 Å². The van der Waals surface area contributed by atoms with Gasteiger partial charge in [-0.2, -0.15) is 0 Å². The highest BCUT2D eigenvalue weighted by atomic mass is 14.0. The van der Waals surface area contributed by atoms with Crippen LogP contribution in [0.5, 0.6) is 0 Å². The van der Waals surface area contributed by atoms with Gasteiger partial charge >= 0.3 is 0 Å². The van der Waals surface area contributed by atoms with E-state index in [2.05, 4.69) is 79.4 Å². The molecule has 0 aliphatic heterocycles. The second kappa shape index (κ2) is 21.3. The Balaban J connectivity index is 0. The standard InChI is InChI=1S/C12H10.C7H8.C4H6.2C2H6/c1-3-7-11(8-4-1)12-9-5-2-6-10-12;1-7-5-3-2-4-6-7;1-3-4-2;2*1-2/h1-10H;2-6H,1H3;1-2H3;2*1-2H3. The molecule has 3 aromatic rings. The van der Waals surface area contributed by atoms with Gasteiger partial charge in [-0.05, 0) is 31.9 Å². The average Bonchev–Trinajstić information content (AvgIpc) is 2.79. The molecule has 27 heavy (non-hydrogen) atoms. The van der Waals surface area contributed by atoms with E-state index < -0.39 is 0 Å². The third-order valence-corrected chi connectivity index (χ3v) is 3.07. The first-order chi connectivity index (χ1) is 13.3. The predicted molar refractivity (Wildman–Crippen MR) is 125 cm³/mol. The highest BCUT2D eigenvalue weighted by Crippen LogP contribution is 2.17. The summed E-state index contributed by atoms with van der Waals surface area (Å²) in [5, 5.41) is 0. The molecule has 0 N–H and O–H groups in total. The Bertz CT molecular complexity index is 643. The number of benzene rings is 3. The fourth-order valence-electron chi connectivity index (χ4n) is 1.80. The first-order valence-electron chi connectivity index (χ1n) is 9.73. The maximum absolute atomic E-state index is 2.68. The Hall–Kier alpha value is -2.78. The van der Waals surface area contributed by atoms with Crippen LogP contribution in [0.4, 0.5) is 0 Å². The quantitative estimate of drug-likeness (QED) is 0.382. The van der Waals surface area contributed by atoms with Crippen molar-refractivity contribution in [1.82, 2.24) is 0 Å². The molecule has 0 aliphatic carbocycles. The van der Waals surface area contributed by atoms with Gasteiger partial charge in [-0.25, -0.2) is 0 Å². The van der Waals surface area contributed by atoms with Crippen LogP contribution < -0.4 is 0 Å². The van der Waals surface area contributed by atoms with Crippen LogP contribution in [0.2, 0.25) is 0 Å². The molecule has 0 nitrogen and oxygen atoms in total. The molecule has 0 heterocycles. The first kappa shape index (κ1) is 26.4. The van der Waals surface area contributed by atoms with Gasteiger partial charge in [-0.3, -0.25) is 0 Å². The van der Waals surface area contributed by atoms with Gasteiger partial charge in [0.1, 0.15) is 0 Å². The third kappa shape index (κ3) is 15.2. The molecular weight excluding hydrogens is 324 g/mol. The molecule has 0 fully saturated rings. The minimum Gasteiger partial charge on any atom is -0.107 e. The van der Waals surface area contributed by atoms with Crippen molar-refractivity contribution in [2.75, 3.05) is 0 Å². The number of hydrogen-bond donors (Lipinski definition) is 0. The van der Waals surface area contributed by atoms with E-state index in [0.29, 0.717) is 0 Å². The molecule has 144 valence electrons. The van der Waals surface area contributed by atoms with E-state index in [1.54, 1.807) is 0 Å². The fraction of sp³-hybridized carbons (Fsp3) is 0.259. The van der Waals surface area contributed by atoms with E-state index in [0.717, 1.165) is 0 Å². The molecule has 3 aromatic carbocycles. The van der Waals surface area contributed by atoms with Crippen LogP contribution in [-0.2, 0) is 0 Å². The second-order valence-corrected chi connectivity index (χ2v) is 4.89. The van der Waals surface area contributed by atoms with Crippen molar-refractivity contribution in [3.63, 3.8) is 0 Å². The summed E-state index contributed by atoms with van der Waals surface area (Å²) in [6.45, 7) is 13.7. The van der Waals surface area contributed by atoms with E-state index in [9.17, 15) is 0 Å². The summed E-state index contributed by atoms with van der Waals surface area (Å²) in [6, 6.07) is 31.0. The van der Waals surface area contributed by atoms with Crippen molar-refractivity contribution in [3.8, 4) is 23.0 Å². The summed E-state index contributed by atoms with van der Waals surface area (Å²) in [5.41, 5.74) is 3.87.